The third-order valence-corrected chi connectivity index (χ3v) is 5.41. The molecule has 3 aromatic rings. The second kappa shape index (κ2) is 9.22. The van der Waals surface area contributed by atoms with Crippen LogP contribution in [0.2, 0.25) is 0 Å². The van der Waals surface area contributed by atoms with Crippen LogP contribution in [0, 0.1) is 0 Å². The van der Waals surface area contributed by atoms with Crippen molar-refractivity contribution in [1.29, 1.82) is 0 Å². The molecule has 4 N–H and O–H groups in total. The van der Waals surface area contributed by atoms with Crippen molar-refractivity contribution in [2.75, 3.05) is 12.4 Å². The van der Waals surface area contributed by atoms with Crippen LogP contribution in [0.4, 0.5) is 5.69 Å². The number of benzene rings is 3. The molecule has 0 fully saturated rings. The zero-order valence-electron chi connectivity index (χ0n) is 15.9. The van der Waals surface area contributed by atoms with Gasteiger partial charge in [0.15, 0.2) is 5.96 Å². The molecule has 0 atom stereocenters. The highest BCUT2D eigenvalue weighted by Crippen LogP contribution is 2.23. The van der Waals surface area contributed by atoms with E-state index in [0.717, 1.165) is 17.0 Å². The minimum atomic E-state index is -3.50. The molecule has 29 heavy (non-hydrogen) atoms. The number of rotatable bonds is 7. The van der Waals surface area contributed by atoms with Gasteiger partial charge in [-0.25, -0.2) is 18.1 Å². The summed E-state index contributed by atoms with van der Waals surface area (Å²) in [5.74, 6) is 1.62. The first-order valence-electron chi connectivity index (χ1n) is 8.89. The van der Waals surface area contributed by atoms with Crippen molar-refractivity contribution >= 4 is 21.7 Å². The summed E-state index contributed by atoms with van der Waals surface area (Å²) in [6.45, 7) is 0.242. The fourth-order valence-corrected chi connectivity index (χ4v) is 3.35. The largest absolute Gasteiger partial charge is 0.457 e. The molecule has 0 bridgehead atoms. The number of anilines is 1. The van der Waals surface area contributed by atoms with E-state index in [4.69, 9.17) is 10.5 Å². The van der Waals surface area contributed by atoms with Crippen molar-refractivity contribution in [2.45, 2.75) is 11.4 Å². The molecule has 0 amide bonds. The SMILES string of the molecule is CNS(=O)(=O)c1cccc(CN=C(N)Nc2cccc(Oc3ccccc3)c2)c1. The highest BCUT2D eigenvalue weighted by molar-refractivity contribution is 7.89. The van der Waals surface area contributed by atoms with Gasteiger partial charge in [-0.05, 0) is 49.0 Å². The minimum absolute atomic E-state index is 0.185. The van der Waals surface area contributed by atoms with Crippen molar-refractivity contribution in [2.24, 2.45) is 10.7 Å². The summed E-state index contributed by atoms with van der Waals surface area (Å²) >= 11 is 0. The standard InChI is InChI=1S/C21H22N4O3S/c1-23-29(26,27)20-12-5-7-16(13-20)15-24-21(22)25-17-8-6-11-19(14-17)28-18-9-3-2-4-10-18/h2-14,23H,15H2,1H3,(H3,22,24,25). The molecule has 7 nitrogen and oxygen atoms in total. The lowest BCUT2D eigenvalue weighted by molar-refractivity contribution is 0.483. The van der Waals surface area contributed by atoms with E-state index in [0.29, 0.717) is 5.75 Å². The van der Waals surface area contributed by atoms with Crippen LogP contribution in [0.3, 0.4) is 0 Å². The molecule has 3 rings (SSSR count). The van der Waals surface area contributed by atoms with Crippen LogP contribution < -0.4 is 20.5 Å². The van der Waals surface area contributed by atoms with Gasteiger partial charge in [-0.3, -0.25) is 0 Å². The third kappa shape index (κ3) is 5.81. The first-order chi connectivity index (χ1) is 14.0. The minimum Gasteiger partial charge on any atom is -0.457 e. The highest BCUT2D eigenvalue weighted by atomic mass is 32.2. The molecule has 0 aromatic heterocycles. The van der Waals surface area contributed by atoms with E-state index in [9.17, 15) is 8.42 Å². The number of guanidine groups is 1. The van der Waals surface area contributed by atoms with E-state index in [-0.39, 0.29) is 17.4 Å². The number of nitrogens with two attached hydrogens (primary N) is 1. The maximum Gasteiger partial charge on any atom is 0.240 e. The van der Waals surface area contributed by atoms with Crippen molar-refractivity contribution < 1.29 is 13.2 Å². The summed E-state index contributed by atoms with van der Waals surface area (Å²) in [6, 6.07) is 23.4. The van der Waals surface area contributed by atoms with Crippen LogP contribution in [-0.4, -0.2) is 21.4 Å². The lowest BCUT2D eigenvalue weighted by Gasteiger charge is -2.09. The van der Waals surface area contributed by atoms with Crippen LogP contribution in [0.15, 0.2) is 88.8 Å². The van der Waals surface area contributed by atoms with Gasteiger partial charge in [0, 0.05) is 11.8 Å². The zero-order chi connectivity index (χ0) is 20.7. The Morgan fingerprint density at radius 2 is 1.69 bits per heavy atom. The van der Waals surface area contributed by atoms with E-state index in [1.54, 1.807) is 18.2 Å². The molecule has 0 aliphatic rings. The van der Waals surface area contributed by atoms with Gasteiger partial charge < -0.3 is 15.8 Å². The predicted octanol–water partition coefficient (Wildman–Crippen LogP) is 3.31. The summed E-state index contributed by atoms with van der Waals surface area (Å²) < 4.78 is 31.9. The summed E-state index contributed by atoms with van der Waals surface area (Å²) in [5.41, 5.74) is 7.43. The van der Waals surface area contributed by atoms with Crippen LogP contribution in [0.5, 0.6) is 11.5 Å². The Balaban J connectivity index is 1.66. The van der Waals surface area contributed by atoms with Crippen molar-refractivity contribution in [3.05, 3.63) is 84.4 Å². The second-order valence-corrected chi connectivity index (χ2v) is 8.01. The van der Waals surface area contributed by atoms with Gasteiger partial charge in [-0.1, -0.05) is 36.4 Å². The van der Waals surface area contributed by atoms with Gasteiger partial charge >= 0.3 is 0 Å². The topological polar surface area (TPSA) is 106 Å². The number of aliphatic imine (C=N–C) groups is 1. The Hall–Kier alpha value is -3.36. The average Bonchev–Trinajstić information content (AvgIpc) is 2.73. The van der Waals surface area contributed by atoms with E-state index in [2.05, 4.69) is 15.0 Å². The molecule has 0 unspecified atom stereocenters. The highest BCUT2D eigenvalue weighted by Gasteiger charge is 2.11. The fourth-order valence-electron chi connectivity index (χ4n) is 2.55. The van der Waals surface area contributed by atoms with Crippen molar-refractivity contribution in [1.82, 2.24) is 4.72 Å². The lowest BCUT2D eigenvalue weighted by Crippen LogP contribution is -2.22. The summed E-state index contributed by atoms with van der Waals surface area (Å²) in [6.07, 6.45) is 0. The quantitative estimate of drug-likeness (QED) is 0.409. The monoisotopic (exact) mass is 410 g/mol. The Labute approximate surface area is 170 Å². The molecule has 3 aromatic carbocycles. The normalized spacial score (nSPS) is 11.8. The number of nitrogens with one attached hydrogen (secondary N) is 2. The molecule has 150 valence electrons. The number of sulfonamides is 1. The number of nitrogens with zero attached hydrogens (tertiary/aromatic N) is 1. The maximum absolute atomic E-state index is 11.9. The van der Waals surface area contributed by atoms with Gasteiger partial charge in [0.1, 0.15) is 11.5 Å². The number of ether oxygens (including phenoxy) is 1. The second-order valence-electron chi connectivity index (χ2n) is 6.12. The van der Waals surface area contributed by atoms with Gasteiger partial charge in [0.05, 0.1) is 11.4 Å². The fraction of sp³-hybridized carbons (Fsp3) is 0.0952. The van der Waals surface area contributed by atoms with Crippen LogP contribution in [0.25, 0.3) is 0 Å². The molecule has 0 aliphatic carbocycles. The molecule has 0 spiro atoms. The summed E-state index contributed by atoms with van der Waals surface area (Å²) in [4.78, 5) is 4.46. The number of hydrogen-bond donors (Lipinski definition) is 3. The van der Waals surface area contributed by atoms with E-state index in [1.165, 1.54) is 13.1 Å². The zero-order valence-corrected chi connectivity index (χ0v) is 16.7. The van der Waals surface area contributed by atoms with Crippen LogP contribution in [-0.2, 0) is 16.6 Å². The average molecular weight is 410 g/mol. The van der Waals surface area contributed by atoms with E-state index in [1.807, 2.05) is 54.6 Å². The maximum atomic E-state index is 11.9. The first-order valence-corrected chi connectivity index (χ1v) is 10.4. The number of para-hydroxylation sites is 1. The summed E-state index contributed by atoms with van der Waals surface area (Å²) in [5, 5.41) is 3.01. The Morgan fingerprint density at radius 3 is 2.45 bits per heavy atom. The van der Waals surface area contributed by atoms with Gasteiger partial charge in [0.2, 0.25) is 10.0 Å². The molecule has 0 saturated carbocycles. The molecule has 0 aliphatic heterocycles. The third-order valence-electron chi connectivity index (χ3n) is 3.99. The molecular weight excluding hydrogens is 388 g/mol. The molecule has 0 heterocycles. The van der Waals surface area contributed by atoms with Crippen molar-refractivity contribution in [3.63, 3.8) is 0 Å². The van der Waals surface area contributed by atoms with E-state index >= 15 is 0 Å². The predicted molar refractivity (Wildman–Crippen MR) is 115 cm³/mol. The summed E-state index contributed by atoms with van der Waals surface area (Å²) in [7, 11) is -2.12. The molecular formula is C21H22N4O3S. The Morgan fingerprint density at radius 1 is 0.966 bits per heavy atom. The lowest BCUT2D eigenvalue weighted by atomic mass is 10.2. The Kier molecular flexibility index (Phi) is 6.48. The molecule has 0 saturated heterocycles. The van der Waals surface area contributed by atoms with Crippen molar-refractivity contribution in [3.8, 4) is 11.5 Å². The van der Waals surface area contributed by atoms with E-state index < -0.39 is 10.0 Å². The Bertz CT molecular complexity index is 1100. The number of hydrogen-bond acceptors (Lipinski definition) is 4. The smallest absolute Gasteiger partial charge is 0.240 e. The first kappa shape index (κ1) is 20.4. The molecule has 0 radical (unpaired) electrons. The van der Waals surface area contributed by atoms with Gasteiger partial charge in [-0.2, -0.15) is 0 Å². The van der Waals surface area contributed by atoms with Crippen LogP contribution >= 0.6 is 0 Å². The van der Waals surface area contributed by atoms with Gasteiger partial charge in [0.25, 0.3) is 0 Å². The van der Waals surface area contributed by atoms with Crippen LogP contribution in [0.1, 0.15) is 5.56 Å². The molecule has 8 heteroatoms. The van der Waals surface area contributed by atoms with Gasteiger partial charge in [-0.15, -0.1) is 0 Å².